The minimum absolute atomic E-state index is 0.209. The predicted octanol–water partition coefficient (Wildman–Crippen LogP) is 1.14. The Morgan fingerprint density at radius 1 is 1.35 bits per heavy atom. The zero-order valence-electron chi connectivity index (χ0n) is 10.6. The second kappa shape index (κ2) is 5.75. The second-order valence-corrected chi connectivity index (χ2v) is 4.68. The number of anilines is 1. The molecule has 1 aromatic carbocycles. The van der Waals surface area contributed by atoms with Gasteiger partial charge in [-0.25, -0.2) is 4.79 Å². The molecule has 1 amide bonds. The lowest BCUT2D eigenvalue weighted by molar-refractivity contribution is -0.116. The quantitative estimate of drug-likeness (QED) is 0.890. The summed E-state index contributed by atoms with van der Waals surface area (Å²) in [5.74, 6) is -0.412. The first kappa shape index (κ1) is 14.1. The number of benzene rings is 1. The number of aryl methyl sites for hydroxylation is 1. The predicted molar refractivity (Wildman–Crippen MR) is 76.1 cm³/mol. The molecule has 2 N–H and O–H groups in total. The van der Waals surface area contributed by atoms with Crippen LogP contribution in [0.4, 0.5) is 5.69 Å². The standard InChI is InChI=1S/C13H12ClN3O3/c1-8-2-3-10(9(14)6-8)15-12(19)7-17-5-4-11(18)16-13(17)20/h2-6H,7H2,1H3,(H,15,19)(H,16,18,20). The minimum Gasteiger partial charge on any atom is -0.323 e. The highest BCUT2D eigenvalue weighted by molar-refractivity contribution is 6.33. The van der Waals surface area contributed by atoms with Crippen LogP contribution in [-0.2, 0) is 11.3 Å². The molecule has 2 rings (SSSR count). The summed E-state index contributed by atoms with van der Waals surface area (Å²) < 4.78 is 1.10. The van der Waals surface area contributed by atoms with Gasteiger partial charge in [0.05, 0.1) is 10.7 Å². The van der Waals surface area contributed by atoms with Crippen LogP contribution in [-0.4, -0.2) is 15.5 Å². The van der Waals surface area contributed by atoms with Gasteiger partial charge in [0.15, 0.2) is 0 Å². The molecule has 1 aromatic heterocycles. The van der Waals surface area contributed by atoms with Crippen LogP contribution in [0, 0.1) is 6.92 Å². The van der Waals surface area contributed by atoms with E-state index >= 15 is 0 Å². The molecular formula is C13H12ClN3O3. The van der Waals surface area contributed by atoms with Crippen molar-refractivity contribution >= 4 is 23.2 Å². The summed E-state index contributed by atoms with van der Waals surface area (Å²) in [6.45, 7) is 1.68. The number of aromatic nitrogens is 2. The van der Waals surface area contributed by atoms with Crippen LogP contribution in [0.1, 0.15) is 5.56 Å². The van der Waals surface area contributed by atoms with Crippen molar-refractivity contribution in [1.82, 2.24) is 9.55 Å². The first-order chi connectivity index (χ1) is 9.45. The van der Waals surface area contributed by atoms with E-state index in [1.807, 2.05) is 13.0 Å². The van der Waals surface area contributed by atoms with E-state index in [0.29, 0.717) is 10.7 Å². The van der Waals surface area contributed by atoms with Crippen LogP contribution in [0.2, 0.25) is 5.02 Å². The molecule has 6 nitrogen and oxygen atoms in total. The summed E-state index contributed by atoms with van der Waals surface area (Å²) >= 11 is 6.00. The van der Waals surface area contributed by atoms with Gasteiger partial charge in [0.1, 0.15) is 6.54 Å². The SMILES string of the molecule is Cc1ccc(NC(=O)Cn2ccc(=O)[nH]c2=O)c(Cl)c1. The van der Waals surface area contributed by atoms with Gasteiger partial charge >= 0.3 is 5.69 Å². The number of rotatable bonds is 3. The first-order valence-electron chi connectivity index (χ1n) is 5.81. The number of hydrogen-bond acceptors (Lipinski definition) is 3. The highest BCUT2D eigenvalue weighted by Gasteiger charge is 2.08. The van der Waals surface area contributed by atoms with Gasteiger partial charge in [-0.2, -0.15) is 0 Å². The number of aromatic amines is 1. The van der Waals surface area contributed by atoms with Crippen molar-refractivity contribution in [3.05, 3.63) is 61.9 Å². The zero-order chi connectivity index (χ0) is 14.7. The normalized spacial score (nSPS) is 10.3. The van der Waals surface area contributed by atoms with Gasteiger partial charge in [-0.15, -0.1) is 0 Å². The van der Waals surface area contributed by atoms with Crippen molar-refractivity contribution in [2.75, 3.05) is 5.32 Å². The number of carbonyl (C=O) groups excluding carboxylic acids is 1. The van der Waals surface area contributed by atoms with Crippen molar-refractivity contribution < 1.29 is 4.79 Å². The van der Waals surface area contributed by atoms with Crippen molar-refractivity contribution in [3.63, 3.8) is 0 Å². The molecule has 0 bridgehead atoms. The van der Waals surface area contributed by atoms with E-state index in [2.05, 4.69) is 10.3 Å². The number of carbonyl (C=O) groups is 1. The Morgan fingerprint density at radius 2 is 2.10 bits per heavy atom. The number of hydrogen-bond donors (Lipinski definition) is 2. The van der Waals surface area contributed by atoms with Gasteiger partial charge in [0, 0.05) is 12.3 Å². The number of nitrogens with zero attached hydrogens (tertiary/aromatic N) is 1. The Kier molecular flexibility index (Phi) is 4.05. The molecule has 7 heteroatoms. The first-order valence-corrected chi connectivity index (χ1v) is 6.19. The Labute approximate surface area is 119 Å². The van der Waals surface area contributed by atoms with E-state index in [1.165, 1.54) is 12.3 Å². The maximum Gasteiger partial charge on any atom is 0.328 e. The number of nitrogens with one attached hydrogen (secondary N) is 2. The van der Waals surface area contributed by atoms with Crippen LogP contribution >= 0.6 is 11.6 Å². The van der Waals surface area contributed by atoms with E-state index in [4.69, 9.17) is 11.6 Å². The third-order valence-corrected chi connectivity index (χ3v) is 2.92. The molecule has 0 aliphatic heterocycles. The third-order valence-electron chi connectivity index (χ3n) is 2.61. The Hall–Kier alpha value is -2.34. The molecule has 2 aromatic rings. The Bertz CT molecular complexity index is 764. The lowest BCUT2D eigenvalue weighted by Crippen LogP contribution is -2.32. The van der Waals surface area contributed by atoms with Crippen LogP contribution in [0.25, 0.3) is 0 Å². The van der Waals surface area contributed by atoms with Gasteiger partial charge in [-0.05, 0) is 24.6 Å². The second-order valence-electron chi connectivity index (χ2n) is 4.27. The molecule has 0 aliphatic rings. The molecule has 0 saturated heterocycles. The molecule has 104 valence electrons. The van der Waals surface area contributed by atoms with Gasteiger partial charge < -0.3 is 5.32 Å². The van der Waals surface area contributed by atoms with E-state index in [1.54, 1.807) is 12.1 Å². The van der Waals surface area contributed by atoms with Crippen molar-refractivity contribution in [3.8, 4) is 0 Å². The van der Waals surface area contributed by atoms with Gasteiger partial charge in [-0.3, -0.25) is 19.1 Å². The Balaban J connectivity index is 2.13. The maximum atomic E-state index is 11.8. The molecule has 20 heavy (non-hydrogen) atoms. The lowest BCUT2D eigenvalue weighted by Gasteiger charge is -2.08. The van der Waals surface area contributed by atoms with E-state index in [0.717, 1.165) is 10.1 Å². The highest BCUT2D eigenvalue weighted by Crippen LogP contribution is 2.22. The average molecular weight is 294 g/mol. The number of amides is 1. The van der Waals surface area contributed by atoms with Gasteiger partial charge in [0.25, 0.3) is 5.56 Å². The summed E-state index contributed by atoms with van der Waals surface area (Å²) in [6.07, 6.45) is 1.26. The molecule has 0 aliphatic carbocycles. The number of halogens is 1. The summed E-state index contributed by atoms with van der Waals surface area (Å²) in [5.41, 5.74) is 0.306. The third kappa shape index (κ3) is 3.36. The monoisotopic (exact) mass is 293 g/mol. The summed E-state index contributed by atoms with van der Waals surface area (Å²) in [7, 11) is 0. The highest BCUT2D eigenvalue weighted by atomic mass is 35.5. The zero-order valence-corrected chi connectivity index (χ0v) is 11.4. The molecule has 0 radical (unpaired) electrons. The number of H-pyrrole nitrogens is 1. The van der Waals surface area contributed by atoms with Gasteiger partial charge in [-0.1, -0.05) is 17.7 Å². The maximum absolute atomic E-state index is 11.8. The fraction of sp³-hybridized carbons (Fsp3) is 0.154. The average Bonchev–Trinajstić information content (AvgIpc) is 2.36. The molecule has 0 saturated carbocycles. The van der Waals surface area contributed by atoms with Crippen molar-refractivity contribution in [1.29, 1.82) is 0 Å². The topological polar surface area (TPSA) is 84.0 Å². The van der Waals surface area contributed by atoms with Crippen LogP contribution in [0.3, 0.4) is 0 Å². The molecule has 1 heterocycles. The fourth-order valence-electron chi connectivity index (χ4n) is 1.63. The van der Waals surface area contributed by atoms with Crippen LogP contribution in [0.5, 0.6) is 0 Å². The smallest absolute Gasteiger partial charge is 0.323 e. The van der Waals surface area contributed by atoms with Crippen molar-refractivity contribution in [2.45, 2.75) is 13.5 Å². The molecular weight excluding hydrogens is 282 g/mol. The van der Waals surface area contributed by atoms with E-state index in [9.17, 15) is 14.4 Å². The minimum atomic E-state index is -0.636. The van der Waals surface area contributed by atoms with E-state index < -0.39 is 17.2 Å². The molecule has 0 unspecified atom stereocenters. The van der Waals surface area contributed by atoms with Crippen molar-refractivity contribution in [2.24, 2.45) is 0 Å². The van der Waals surface area contributed by atoms with Crippen LogP contribution < -0.4 is 16.6 Å². The van der Waals surface area contributed by atoms with E-state index in [-0.39, 0.29) is 6.54 Å². The molecule has 0 spiro atoms. The molecule has 0 fully saturated rings. The summed E-state index contributed by atoms with van der Waals surface area (Å²) in [4.78, 5) is 36.3. The summed E-state index contributed by atoms with van der Waals surface area (Å²) in [6, 6.07) is 6.40. The largest absolute Gasteiger partial charge is 0.328 e. The van der Waals surface area contributed by atoms with Gasteiger partial charge in [0.2, 0.25) is 5.91 Å². The van der Waals surface area contributed by atoms with Crippen LogP contribution in [0.15, 0.2) is 40.1 Å². The fourth-order valence-corrected chi connectivity index (χ4v) is 1.92. The lowest BCUT2D eigenvalue weighted by atomic mass is 10.2. The Morgan fingerprint density at radius 3 is 2.75 bits per heavy atom. The summed E-state index contributed by atoms with van der Waals surface area (Å²) in [5, 5.41) is 3.03. The molecule has 0 atom stereocenters.